The van der Waals surface area contributed by atoms with Crippen LogP contribution in [-0.4, -0.2) is 24.1 Å². The molecule has 18 heavy (non-hydrogen) atoms. The van der Waals surface area contributed by atoms with Gasteiger partial charge in [0.25, 0.3) is 0 Å². The van der Waals surface area contributed by atoms with E-state index in [9.17, 15) is 9.59 Å². The van der Waals surface area contributed by atoms with Gasteiger partial charge in [0.2, 0.25) is 0 Å². The standard InChI is InChI=1S/C13H21NO4/c1-5-17-12(16)10(2)7-6-8-11(15)18-13(3,4)9-14/h10H,5-8H2,1-4H3. The first-order valence-corrected chi connectivity index (χ1v) is 6.12. The molecular formula is C13H21NO4. The third-order valence-electron chi connectivity index (χ3n) is 2.35. The van der Waals surface area contributed by atoms with Crippen LogP contribution in [-0.2, 0) is 19.1 Å². The molecule has 0 aliphatic heterocycles. The van der Waals surface area contributed by atoms with Crippen molar-refractivity contribution in [3.8, 4) is 6.07 Å². The Morgan fingerprint density at radius 3 is 2.50 bits per heavy atom. The Hall–Kier alpha value is -1.57. The molecule has 0 radical (unpaired) electrons. The predicted octanol–water partition coefficient (Wildman–Crippen LogP) is 2.20. The maximum atomic E-state index is 11.4. The van der Waals surface area contributed by atoms with E-state index in [4.69, 9.17) is 14.7 Å². The van der Waals surface area contributed by atoms with Crippen LogP contribution in [0, 0.1) is 17.2 Å². The highest BCUT2D eigenvalue weighted by molar-refractivity contribution is 5.72. The van der Waals surface area contributed by atoms with Crippen molar-refractivity contribution in [1.29, 1.82) is 5.26 Å². The lowest BCUT2D eigenvalue weighted by molar-refractivity contribution is -0.153. The van der Waals surface area contributed by atoms with E-state index in [1.165, 1.54) is 13.8 Å². The number of hydrogen-bond acceptors (Lipinski definition) is 5. The van der Waals surface area contributed by atoms with Crippen LogP contribution in [0.3, 0.4) is 0 Å². The summed E-state index contributed by atoms with van der Waals surface area (Å²) in [5, 5.41) is 8.70. The maximum absolute atomic E-state index is 11.4. The first-order valence-electron chi connectivity index (χ1n) is 6.12. The molecule has 0 aromatic rings. The molecule has 0 aromatic carbocycles. The third-order valence-corrected chi connectivity index (χ3v) is 2.35. The Morgan fingerprint density at radius 2 is 2.00 bits per heavy atom. The first kappa shape index (κ1) is 16.4. The molecule has 0 fully saturated rings. The molecule has 5 heteroatoms. The van der Waals surface area contributed by atoms with Crippen LogP contribution in [0.25, 0.3) is 0 Å². The van der Waals surface area contributed by atoms with Crippen molar-refractivity contribution in [3.63, 3.8) is 0 Å². The van der Waals surface area contributed by atoms with E-state index in [1.54, 1.807) is 13.8 Å². The molecule has 0 saturated carbocycles. The van der Waals surface area contributed by atoms with E-state index in [2.05, 4.69) is 0 Å². The fraction of sp³-hybridized carbons (Fsp3) is 0.769. The normalized spacial score (nSPS) is 12.4. The van der Waals surface area contributed by atoms with Gasteiger partial charge in [0.05, 0.1) is 12.5 Å². The van der Waals surface area contributed by atoms with E-state index >= 15 is 0 Å². The number of carbonyl (C=O) groups excluding carboxylic acids is 2. The Balaban J connectivity index is 3.89. The summed E-state index contributed by atoms with van der Waals surface area (Å²) in [6, 6.07) is 1.89. The lowest BCUT2D eigenvalue weighted by Crippen LogP contribution is -2.26. The molecule has 0 aromatic heterocycles. The second-order valence-electron chi connectivity index (χ2n) is 4.64. The summed E-state index contributed by atoms with van der Waals surface area (Å²) in [5.74, 6) is -0.887. The monoisotopic (exact) mass is 255 g/mol. The lowest BCUT2D eigenvalue weighted by atomic mass is 10.0. The van der Waals surface area contributed by atoms with Gasteiger partial charge in [-0.15, -0.1) is 0 Å². The average molecular weight is 255 g/mol. The zero-order valence-corrected chi connectivity index (χ0v) is 11.5. The van der Waals surface area contributed by atoms with Gasteiger partial charge >= 0.3 is 11.9 Å². The van der Waals surface area contributed by atoms with E-state index in [0.29, 0.717) is 19.4 Å². The number of nitrogens with zero attached hydrogens (tertiary/aromatic N) is 1. The molecule has 0 rings (SSSR count). The van der Waals surface area contributed by atoms with Crippen molar-refractivity contribution in [1.82, 2.24) is 0 Å². The van der Waals surface area contributed by atoms with Crippen molar-refractivity contribution in [3.05, 3.63) is 0 Å². The van der Waals surface area contributed by atoms with Gasteiger partial charge in [-0.05, 0) is 33.6 Å². The van der Waals surface area contributed by atoms with E-state index in [-0.39, 0.29) is 18.3 Å². The third kappa shape index (κ3) is 6.89. The highest BCUT2D eigenvalue weighted by Crippen LogP contribution is 2.13. The minimum Gasteiger partial charge on any atom is -0.466 e. The average Bonchev–Trinajstić information content (AvgIpc) is 2.28. The molecule has 0 amide bonds. The molecule has 1 unspecified atom stereocenters. The van der Waals surface area contributed by atoms with Gasteiger partial charge < -0.3 is 9.47 Å². The number of esters is 2. The number of ether oxygens (including phenoxy) is 2. The van der Waals surface area contributed by atoms with Crippen LogP contribution in [0.15, 0.2) is 0 Å². The minimum absolute atomic E-state index is 0.203. The molecule has 0 aliphatic carbocycles. The van der Waals surface area contributed by atoms with Gasteiger partial charge in [-0.1, -0.05) is 6.92 Å². The summed E-state index contributed by atoms with van der Waals surface area (Å²) < 4.78 is 9.82. The van der Waals surface area contributed by atoms with Gasteiger partial charge in [0, 0.05) is 6.42 Å². The van der Waals surface area contributed by atoms with Gasteiger partial charge in [-0.25, -0.2) is 0 Å². The molecule has 0 N–H and O–H groups in total. The van der Waals surface area contributed by atoms with Gasteiger partial charge in [0.15, 0.2) is 5.60 Å². The summed E-state index contributed by atoms with van der Waals surface area (Å²) in [5.41, 5.74) is -1.09. The van der Waals surface area contributed by atoms with Gasteiger partial charge in [-0.3, -0.25) is 9.59 Å². The van der Waals surface area contributed by atoms with Crippen molar-refractivity contribution < 1.29 is 19.1 Å². The highest BCUT2D eigenvalue weighted by atomic mass is 16.6. The van der Waals surface area contributed by atoms with Crippen molar-refractivity contribution in [2.45, 2.75) is 52.6 Å². The van der Waals surface area contributed by atoms with Gasteiger partial charge in [-0.2, -0.15) is 5.26 Å². The molecule has 5 nitrogen and oxygen atoms in total. The SMILES string of the molecule is CCOC(=O)C(C)CCCC(=O)OC(C)(C)C#N. The topological polar surface area (TPSA) is 76.4 Å². The largest absolute Gasteiger partial charge is 0.466 e. The van der Waals surface area contributed by atoms with Crippen molar-refractivity contribution in [2.24, 2.45) is 5.92 Å². The molecule has 0 aliphatic rings. The van der Waals surface area contributed by atoms with Crippen LogP contribution in [0.5, 0.6) is 0 Å². The Labute approximate surface area is 108 Å². The molecular weight excluding hydrogens is 234 g/mol. The van der Waals surface area contributed by atoms with E-state index < -0.39 is 11.6 Å². The number of rotatable bonds is 7. The quantitative estimate of drug-likeness (QED) is 0.652. The predicted molar refractivity (Wildman–Crippen MR) is 65.4 cm³/mol. The smallest absolute Gasteiger partial charge is 0.308 e. The zero-order valence-electron chi connectivity index (χ0n) is 11.5. The van der Waals surface area contributed by atoms with Crippen LogP contribution >= 0.6 is 0 Å². The Kier molecular flexibility index (Phi) is 7.03. The molecule has 102 valence electrons. The summed E-state index contributed by atoms with van der Waals surface area (Å²) >= 11 is 0. The molecule has 0 heterocycles. The van der Waals surface area contributed by atoms with Crippen molar-refractivity contribution in [2.75, 3.05) is 6.61 Å². The molecule has 1 atom stereocenters. The molecule has 0 bridgehead atoms. The first-order chi connectivity index (χ1) is 8.32. The number of nitriles is 1. The van der Waals surface area contributed by atoms with Crippen LogP contribution < -0.4 is 0 Å². The molecule has 0 spiro atoms. The number of carbonyl (C=O) groups is 2. The fourth-order valence-corrected chi connectivity index (χ4v) is 1.31. The van der Waals surface area contributed by atoms with Crippen molar-refractivity contribution >= 4 is 11.9 Å². The van der Waals surface area contributed by atoms with Crippen LogP contribution in [0.1, 0.15) is 47.0 Å². The Bertz CT molecular complexity index is 330. The summed E-state index contributed by atoms with van der Waals surface area (Å²) in [6.45, 7) is 6.95. The summed E-state index contributed by atoms with van der Waals surface area (Å²) in [6.07, 6.45) is 1.32. The zero-order chi connectivity index (χ0) is 14.2. The lowest BCUT2D eigenvalue weighted by Gasteiger charge is -2.16. The van der Waals surface area contributed by atoms with E-state index in [1.807, 2.05) is 6.07 Å². The maximum Gasteiger partial charge on any atom is 0.308 e. The fourth-order valence-electron chi connectivity index (χ4n) is 1.31. The second kappa shape index (κ2) is 7.70. The van der Waals surface area contributed by atoms with Crippen LogP contribution in [0.2, 0.25) is 0 Å². The summed E-state index contributed by atoms with van der Waals surface area (Å²) in [7, 11) is 0. The van der Waals surface area contributed by atoms with Gasteiger partial charge in [0.1, 0.15) is 6.07 Å². The number of hydrogen-bond donors (Lipinski definition) is 0. The molecule has 0 saturated heterocycles. The minimum atomic E-state index is -1.09. The highest BCUT2D eigenvalue weighted by Gasteiger charge is 2.22. The van der Waals surface area contributed by atoms with E-state index in [0.717, 1.165) is 0 Å². The second-order valence-corrected chi connectivity index (χ2v) is 4.64. The van der Waals surface area contributed by atoms with Crippen LogP contribution in [0.4, 0.5) is 0 Å². The summed E-state index contributed by atoms with van der Waals surface area (Å²) in [4.78, 5) is 22.7. The Morgan fingerprint density at radius 1 is 1.39 bits per heavy atom.